The van der Waals surface area contributed by atoms with Crippen LogP contribution in [0.4, 0.5) is 17.2 Å². The molecule has 1 aromatic heterocycles. The molecule has 1 aliphatic carbocycles. The minimum absolute atomic E-state index is 0.0378. The van der Waals surface area contributed by atoms with Crippen molar-refractivity contribution < 1.29 is 9.59 Å². The number of nitrogens with two attached hydrogens (primary N) is 2. The zero-order valence-electron chi connectivity index (χ0n) is 24.6. The molecule has 5 rings (SSSR count). The average Bonchev–Trinajstić information content (AvgIpc) is 3.80. The molecule has 1 heterocycles. The van der Waals surface area contributed by atoms with Crippen molar-refractivity contribution in [2.24, 2.45) is 11.7 Å². The van der Waals surface area contributed by atoms with Crippen molar-refractivity contribution in [3.05, 3.63) is 106 Å². The summed E-state index contributed by atoms with van der Waals surface area (Å²) >= 11 is 0. The Labute approximate surface area is 255 Å². The third-order valence-electron chi connectivity index (χ3n) is 7.41. The molecule has 0 bridgehead atoms. The fourth-order valence-corrected chi connectivity index (χ4v) is 5.11. The number of rotatable bonds is 11. The molecule has 3 aromatic carbocycles. The lowest BCUT2D eigenvalue weighted by atomic mass is 10.1. The van der Waals surface area contributed by atoms with Crippen LogP contribution in [0.2, 0.25) is 0 Å². The van der Waals surface area contributed by atoms with Gasteiger partial charge in [0.05, 0.1) is 11.9 Å². The van der Waals surface area contributed by atoms with Crippen molar-refractivity contribution in [1.82, 2.24) is 14.9 Å². The van der Waals surface area contributed by atoms with E-state index in [1.54, 1.807) is 42.5 Å². The van der Waals surface area contributed by atoms with Crippen LogP contribution < -0.4 is 33.0 Å². The van der Waals surface area contributed by atoms with E-state index in [2.05, 4.69) is 20.9 Å². The molecule has 1 aliphatic rings. The van der Waals surface area contributed by atoms with E-state index in [4.69, 9.17) is 16.9 Å². The van der Waals surface area contributed by atoms with Gasteiger partial charge in [-0.2, -0.15) is 0 Å². The smallest absolute Gasteiger partial charge is 0.294 e. The second-order valence-electron chi connectivity index (χ2n) is 11.3. The van der Waals surface area contributed by atoms with E-state index in [9.17, 15) is 14.4 Å². The van der Waals surface area contributed by atoms with E-state index in [0.29, 0.717) is 28.2 Å². The first-order valence-corrected chi connectivity index (χ1v) is 14.4. The van der Waals surface area contributed by atoms with Gasteiger partial charge in [0, 0.05) is 41.0 Å². The summed E-state index contributed by atoms with van der Waals surface area (Å²) in [6.07, 6.45) is 2.29. The number of hydrogen-bond donors (Lipinski definition) is 6. The molecular weight excluding hydrogens is 556 g/mol. The van der Waals surface area contributed by atoms with Gasteiger partial charge in [0.1, 0.15) is 12.4 Å². The van der Waals surface area contributed by atoms with E-state index < -0.39 is 5.56 Å². The molecule has 0 unspecified atom stereocenters. The number of carbonyl (C=O) groups excluding carboxylic acids is 2. The summed E-state index contributed by atoms with van der Waals surface area (Å²) < 4.78 is 1.35. The van der Waals surface area contributed by atoms with Gasteiger partial charge in [-0.3, -0.25) is 24.4 Å². The number of nitrogens with zero attached hydrogens (tertiary/aromatic N) is 2. The first-order valence-electron chi connectivity index (χ1n) is 14.4. The van der Waals surface area contributed by atoms with E-state index in [0.717, 1.165) is 17.5 Å². The standard InChI is InChI=1S/C33H36N8O3/c1-19(2)39-31-33(44)41(18-29(42)37-16-20-8-10-22(11-9-20)30(35)36)28(17-38-31)23-12-24(34)14-25(13-23)40-32(43)27-15-26(27)21-6-4-3-5-7-21/h3-14,17,19,26-27H,15-16,18,34H2,1-2H3,(H3,35,36)(H,37,42)(H,38,39)(H,40,43)/t26-,27+/m1/s1. The summed E-state index contributed by atoms with van der Waals surface area (Å²) in [6.45, 7) is 3.73. The summed E-state index contributed by atoms with van der Waals surface area (Å²) in [5.41, 5.74) is 15.6. The van der Waals surface area contributed by atoms with Crippen molar-refractivity contribution in [3.63, 3.8) is 0 Å². The van der Waals surface area contributed by atoms with Gasteiger partial charge < -0.3 is 27.4 Å². The maximum atomic E-state index is 13.6. The molecule has 8 N–H and O–H groups in total. The van der Waals surface area contributed by atoms with Gasteiger partial charge in [0.2, 0.25) is 11.8 Å². The van der Waals surface area contributed by atoms with Crippen molar-refractivity contribution in [3.8, 4) is 11.3 Å². The van der Waals surface area contributed by atoms with Crippen LogP contribution in [-0.4, -0.2) is 33.2 Å². The monoisotopic (exact) mass is 592 g/mol. The molecule has 0 spiro atoms. The number of amides is 2. The summed E-state index contributed by atoms with van der Waals surface area (Å²) in [5.74, 6) is -0.357. The number of carbonyl (C=O) groups is 2. The summed E-state index contributed by atoms with van der Waals surface area (Å²) in [5, 5.41) is 16.4. The van der Waals surface area contributed by atoms with Crippen LogP contribution in [0.5, 0.6) is 0 Å². The second-order valence-corrected chi connectivity index (χ2v) is 11.3. The van der Waals surface area contributed by atoms with Crippen LogP contribution >= 0.6 is 0 Å². The molecule has 4 aromatic rings. The van der Waals surface area contributed by atoms with E-state index in [1.807, 2.05) is 44.2 Å². The first-order chi connectivity index (χ1) is 21.1. The SMILES string of the molecule is CC(C)Nc1ncc(-c2cc(N)cc(NC(=O)[C@H]3C[C@@H]3c3ccccc3)c2)n(CC(=O)NCc2ccc(C(=N)N)cc2)c1=O. The van der Waals surface area contributed by atoms with Crippen LogP contribution in [-0.2, 0) is 22.7 Å². The Kier molecular flexibility index (Phi) is 8.75. The van der Waals surface area contributed by atoms with Crippen molar-refractivity contribution >= 4 is 34.8 Å². The maximum absolute atomic E-state index is 13.6. The Bertz CT molecular complexity index is 1750. The summed E-state index contributed by atoms with van der Waals surface area (Å²) in [4.78, 5) is 44.1. The van der Waals surface area contributed by atoms with E-state index in [-0.39, 0.29) is 54.4 Å². The number of amidine groups is 1. The van der Waals surface area contributed by atoms with Crippen LogP contribution in [0.1, 0.15) is 42.9 Å². The lowest BCUT2D eigenvalue weighted by Gasteiger charge is -2.17. The molecular formula is C33H36N8O3. The quantitative estimate of drug-likeness (QED) is 0.0873. The maximum Gasteiger partial charge on any atom is 0.294 e. The number of nitrogen functional groups attached to an aromatic ring is 2. The highest BCUT2D eigenvalue weighted by molar-refractivity contribution is 5.96. The van der Waals surface area contributed by atoms with Gasteiger partial charge in [0.15, 0.2) is 5.82 Å². The molecule has 11 heteroatoms. The number of hydrogen-bond acceptors (Lipinski definition) is 7. The third-order valence-corrected chi connectivity index (χ3v) is 7.41. The fraction of sp³-hybridized carbons (Fsp3) is 0.242. The van der Waals surface area contributed by atoms with Gasteiger partial charge in [-0.15, -0.1) is 0 Å². The Morgan fingerprint density at radius 3 is 2.48 bits per heavy atom. The topological polar surface area (TPSA) is 181 Å². The predicted octanol–water partition coefficient (Wildman–Crippen LogP) is 3.66. The van der Waals surface area contributed by atoms with Gasteiger partial charge in [-0.05, 0) is 55.5 Å². The van der Waals surface area contributed by atoms with E-state index >= 15 is 0 Å². The molecule has 44 heavy (non-hydrogen) atoms. The average molecular weight is 593 g/mol. The van der Waals surface area contributed by atoms with Crippen molar-refractivity contribution in [2.75, 3.05) is 16.4 Å². The third kappa shape index (κ3) is 7.12. The highest BCUT2D eigenvalue weighted by atomic mass is 16.2. The highest BCUT2D eigenvalue weighted by Crippen LogP contribution is 2.48. The van der Waals surface area contributed by atoms with Gasteiger partial charge >= 0.3 is 0 Å². The number of benzene rings is 3. The lowest BCUT2D eigenvalue weighted by molar-refractivity contribution is -0.122. The van der Waals surface area contributed by atoms with E-state index in [1.165, 1.54) is 10.8 Å². The van der Waals surface area contributed by atoms with Crippen molar-refractivity contribution in [1.29, 1.82) is 5.41 Å². The molecule has 0 saturated heterocycles. The molecule has 0 aliphatic heterocycles. The predicted molar refractivity (Wildman–Crippen MR) is 172 cm³/mol. The Morgan fingerprint density at radius 1 is 1.07 bits per heavy atom. The molecule has 0 radical (unpaired) electrons. The lowest BCUT2D eigenvalue weighted by Crippen LogP contribution is -2.35. The Hall–Kier alpha value is -5.45. The van der Waals surface area contributed by atoms with Crippen molar-refractivity contribution in [2.45, 2.75) is 45.3 Å². The molecule has 2 amide bonds. The number of anilines is 3. The minimum Gasteiger partial charge on any atom is -0.399 e. The fourth-order valence-electron chi connectivity index (χ4n) is 5.11. The zero-order valence-corrected chi connectivity index (χ0v) is 24.6. The number of nitrogens with one attached hydrogen (secondary N) is 4. The normalized spacial score (nSPS) is 15.4. The Morgan fingerprint density at radius 2 is 1.80 bits per heavy atom. The molecule has 1 fully saturated rings. The molecule has 226 valence electrons. The molecule has 1 saturated carbocycles. The van der Waals surface area contributed by atoms with Gasteiger partial charge in [-0.1, -0.05) is 54.6 Å². The van der Waals surface area contributed by atoms with Gasteiger partial charge in [-0.25, -0.2) is 4.98 Å². The largest absolute Gasteiger partial charge is 0.399 e. The first kappa shape index (κ1) is 30.0. The highest BCUT2D eigenvalue weighted by Gasteiger charge is 2.43. The number of aromatic nitrogens is 2. The van der Waals surface area contributed by atoms with Crippen LogP contribution in [0.25, 0.3) is 11.3 Å². The minimum atomic E-state index is -0.464. The molecule has 2 atom stereocenters. The van der Waals surface area contributed by atoms with Gasteiger partial charge in [0.25, 0.3) is 5.56 Å². The summed E-state index contributed by atoms with van der Waals surface area (Å²) in [7, 11) is 0. The summed E-state index contributed by atoms with van der Waals surface area (Å²) in [6, 6.07) is 21.9. The second kappa shape index (κ2) is 12.8. The van der Waals surface area contributed by atoms with Crippen LogP contribution in [0.15, 0.2) is 83.8 Å². The Balaban J connectivity index is 1.37. The van der Waals surface area contributed by atoms with Crippen LogP contribution in [0.3, 0.4) is 0 Å². The van der Waals surface area contributed by atoms with Crippen LogP contribution in [0, 0.1) is 11.3 Å². The molecule has 11 nitrogen and oxygen atoms in total. The zero-order chi connectivity index (χ0) is 31.4.